The van der Waals surface area contributed by atoms with Crippen LogP contribution in [0.4, 0.5) is 0 Å². The number of rotatable bonds is 5. The lowest BCUT2D eigenvalue weighted by Crippen LogP contribution is -2.22. The zero-order valence-electron chi connectivity index (χ0n) is 13.5. The topological polar surface area (TPSA) is 87.1 Å². The summed E-state index contributed by atoms with van der Waals surface area (Å²) in [7, 11) is 0. The number of nitrogens with zero attached hydrogens (tertiary/aromatic N) is 2. The number of amides is 1. The third kappa shape index (κ3) is 3.92. The lowest BCUT2D eigenvalue weighted by molar-refractivity contribution is 0.0999. The van der Waals surface area contributed by atoms with E-state index in [-0.39, 0.29) is 11.1 Å². The third-order valence-corrected chi connectivity index (χ3v) is 3.90. The van der Waals surface area contributed by atoms with E-state index >= 15 is 0 Å². The zero-order valence-corrected chi connectivity index (χ0v) is 13.5. The van der Waals surface area contributed by atoms with E-state index in [1.165, 1.54) is 29.0 Å². The number of benzene rings is 1. The Morgan fingerprint density at radius 3 is 2.00 bits per heavy atom. The van der Waals surface area contributed by atoms with E-state index in [0.29, 0.717) is 18.7 Å². The van der Waals surface area contributed by atoms with Crippen molar-refractivity contribution in [3.8, 4) is 0 Å². The van der Waals surface area contributed by atoms with Gasteiger partial charge >= 0.3 is 0 Å². The van der Waals surface area contributed by atoms with Gasteiger partial charge in [-0.1, -0.05) is 30.3 Å². The van der Waals surface area contributed by atoms with Gasteiger partial charge in [0, 0.05) is 24.5 Å². The summed E-state index contributed by atoms with van der Waals surface area (Å²) in [5, 5.41) is 0. The zero-order chi connectivity index (χ0) is 17.8. The number of aromatic nitrogens is 2. The van der Waals surface area contributed by atoms with Crippen LogP contribution in [0.1, 0.15) is 21.5 Å². The fourth-order valence-corrected chi connectivity index (χ4v) is 2.54. The van der Waals surface area contributed by atoms with E-state index in [2.05, 4.69) is 0 Å². The molecule has 126 valence electrons. The van der Waals surface area contributed by atoms with Crippen molar-refractivity contribution in [2.75, 3.05) is 0 Å². The van der Waals surface area contributed by atoms with E-state index in [1.54, 1.807) is 16.8 Å². The van der Waals surface area contributed by atoms with Crippen LogP contribution in [0.5, 0.6) is 0 Å². The van der Waals surface area contributed by atoms with Crippen LogP contribution in [-0.4, -0.2) is 15.0 Å². The van der Waals surface area contributed by atoms with Gasteiger partial charge in [-0.15, -0.1) is 0 Å². The maximum absolute atomic E-state index is 11.9. The maximum Gasteiger partial charge on any atom is 0.250 e. The van der Waals surface area contributed by atoms with Crippen molar-refractivity contribution in [2.24, 2.45) is 5.73 Å². The largest absolute Gasteiger partial charge is 0.366 e. The molecule has 25 heavy (non-hydrogen) atoms. The molecular weight excluding hydrogens is 318 g/mol. The summed E-state index contributed by atoms with van der Waals surface area (Å²) in [6, 6.07) is 15.4. The Morgan fingerprint density at radius 1 is 0.800 bits per heavy atom. The van der Waals surface area contributed by atoms with Crippen molar-refractivity contribution in [1.29, 1.82) is 0 Å². The molecule has 3 rings (SSSR count). The summed E-state index contributed by atoms with van der Waals surface area (Å²) in [6.45, 7) is 0.822. The van der Waals surface area contributed by atoms with Gasteiger partial charge in [0.15, 0.2) is 0 Å². The Morgan fingerprint density at radius 2 is 1.40 bits per heavy atom. The summed E-state index contributed by atoms with van der Waals surface area (Å²) < 4.78 is 3.06. The summed E-state index contributed by atoms with van der Waals surface area (Å²) in [6.07, 6.45) is 3.20. The van der Waals surface area contributed by atoms with E-state index in [4.69, 9.17) is 5.73 Å². The Labute approximate surface area is 143 Å². The van der Waals surface area contributed by atoms with Gasteiger partial charge in [-0.3, -0.25) is 14.4 Å². The molecule has 0 unspecified atom stereocenters. The van der Waals surface area contributed by atoms with E-state index < -0.39 is 5.91 Å². The van der Waals surface area contributed by atoms with Crippen molar-refractivity contribution in [3.05, 3.63) is 104 Å². The standard InChI is InChI=1S/C19H17N3O3/c20-19(25)16-8-9-18(24)22(13-16)12-15-6-4-14(5-7-15)11-21-10-2-1-3-17(21)23/h1-10,13H,11-12H2,(H2,20,25). The molecule has 3 aromatic rings. The van der Waals surface area contributed by atoms with Crippen molar-refractivity contribution < 1.29 is 4.79 Å². The SMILES string of the molecule is NC(=O)c1ccc(=O)n(Cc2ccc(Cn3ccccc3=O)cc2)c1. The fourth-order valence-electron chi connectivity index (χ4n) is 2.54. The van der Waals surface area contributed by atoms with Crippen molar-refractivity contribution >= 4 is 5.91 Å². The molecule has 0 saturated carbocycles. The highest BCUT2D eigenvalue weighted by Gasteiger charge is 2.05. The van der Waals surface area contributed by atoms with E-state index in [0.717, 1.165) is 11.1 Å². The lowest BCUT2D eigenvalue weighted by atomic mass is 10.1. The minimum atomic E-state index is -0.572. The van der Waals surface area contributed by atoms with Crippen LogP contribution in [0.15, 0.2) is 76.6 Å². The molecule has 0 fully saturated rings. The van der Waals surface area contributed by atoms with Gasteiger partial charge in [-0.05, 0) is 23.3 Å². The van der Waals surface area contributed by atoms with Gasteiger partial charge in [0.05, 0.1) is 18.7 Å². The molecule has 0 bridgehead atoms. The second-order valence-electron chi connectivity index (χ2n) is 5.73. The summed E-state index contributed by atoms with van der Waals surface area (Å²) >= 11 is 0. The molecule has 6 heteroatoms. The average molecular weight is 335 g/mol. The number of carbonyl (C=O) groups excluding carboxylic acids is 1. The molecule has 2 heterocycles. The minimum absolute atomic E-state index is 0.0543. The molecule has 2 aromatic heterocycles. The summed E-state index contributed by atoms with van der Waals surface area (Å²) in [5.41, 5.74) is 7.17. The van der Waals surface area contributed by atoms with Gasteiger partial charge in [0.1, 0.15) is 0 Å². The van der Waals surface area contributed by atoms with Crippen molar-refractivity contribution in [1.82, 2.24) is 9.13 Å². The number of nitrogens with two attached hydrogens (primary N) is 1. The Bertz CT molecular complexity index is 1020. The van der Waals surface area contributed by atoms with Crippen molar-refractivity contribution in [2.45, 2.75) is 13.1 Å². The number of pyridine rings is 2. The number of primary amides is 1. The Hall–Kier alpha value is -3.41. The molecular formula is C19H17N3O3. The first-order valence-corrected chi connectivity index (χ1v) is 7.76. The maximum atomic E-state index is 11.9. The van der Waals surface area contributed by atoms with Crippen LogP contribution >= 0.6 is 0 Å². The molecule has 1 aromatic carbocycles. The monoisotopic (exact) mass is 335 g/mol. The van der Waals surface area contributed by atoms with Gasteiger partial charge in [0.25, 0.3) is 11.1 Å². The highest BCUT2D eigenvalue weighted by molar-refractivity contribution is 5.92. The molecule has 6 nitrogen and oxygen atoms in total. The van der Waals surface area contributed by atoms with Crippen LogP contribution in [0.25, 0.3) is 0 Å². The Balaban J connectivity index is 1.78. The van der Waals surface area contributed by atoms with Gasteiger partial charge < -0.3 is 14.9 Å². The molecule has 0 aliphatic rings. The van der Waals surface area contributed by atoms with E-state index in [1.807, 2.05) is 30.3 Å². The van der Waals surface area contributed by atoms with Gasteiger partial charge in [-0.25, -0.2) is 0 Å². The summed E-state index contributed by atoms with van der Waals surface area (Å²) in [5.74, 6) is -0.572. The predicted octanol–water partition coefficient (Wildman–Crippen LogP) is 1.21. The number of carbonyl (C=O) groups is 1. The third-order valence-electron chi connectivity index (χ3n) is 3.90. The normalized spacial score (nSPS) is 10.6. The van der Waals surface area contributed by atoms with Crippen LogP contribution in [0.2, 0.25) is 0 Å². The van der Waals surface area contributed by atoms with Crippen LogP contribution in [0.3, 0.4) is 0 Å². The smallest absolute Gasteiger partial charge is 0.250 e. The van der Waals surface area contributed by atoms with Crippen LogP contribution in [0, 0.1) is 0 Å². The predicted molar refractivity (Wildman–Crippen MR) is 94.6 cm³/mol. The number of hydrogen-bond donors (Lipinski definition) is 1. The van der Waals surface area contributed by atoms with Gasteiger partial charge in [0.2, 0.25) is 5.91 Å². The number of hydrogen-bond acceptors (Lipinski definition) is 3. The van der Waals surface area contributed by atoms with Crippen LogP contribution in [-0.2, 0) is 13.1 Å². The quantitative estimate of drug-likeness (QED) is 0.760. The van der Waals surface area contributed by atoms with Crippen LogP contribution < -0.4 is 16.9 Å². The van der Waals surface area contributed by atoms with E-state index in [9.17, 15) is 14.4 Å². The molecule has 0 saturated heterocycles. The Kier molecular flexibility index (Phi) is 4.61. The van der Waals surface area contributed by atoms with Gasteiger partial charge in [-0.2, -0.15) is 0 Å². The lowest BCUT2D eigenvalue weighted by Gasteiger charge is -2.09. The molecule has 2 N–H and O–H groups in total. The molecule has 0 aliphatic heterocycles. The molecule has 0 radical (unpaired) electrons. The van der Waals surface area contributed by atoms with Crippen molar-refractivity contribution in [3.63, 3.8) is 0 Å². The summed E-state index contributed by atoms with van der Waals surface area (Å²) in [4.78, 5) is 34.9. The fraction of sp³-hybridized carbons (Fsp3) is 0.105. The molecule has 0 spiro atoms. The second-order valence-corrected chi connectivity index (χ2v) is 5.73. The highest BCUT2D eigenvalue weighted by atomic mass is 16.1. The molecule has 0 aliphatic carbocycles. The molecule has 0 atom stereocenters. The minimum Gasteiger partial charge on any atom is -0.366 e. The molecule has 1 amide bonds. The second kappa shape index (κ2) is 7.00. The average Bonchev–Trinajstić information content (AvgIpc) is 2.60. The first kappa shape index (κ1) is 16.4. The first-order chi connectivity index (χ1) is 12.0. The highest BCUT2D eigenvalue weighted by Crippen LogP contribution is 2.07. The first-order valence-electron chi connectivity index (χ1n) is 7.76.